The average Bonchev–Trinajstić information content (AvgIpc) is 3.03. The van der Waals surface area contributed by atoms with Gasteiger partial charge in [-0.15, -0.1) is 0 Å². The van der Waals surface area contributed by atoms with Gasteiger partial charge in [-0.25, -0.2) is 4.79 Å². The zero-order chi connectivity index (χ0) is 32.6. The summed E-state index contributed by atoms with van der Waals surface area (Å²) < 4.78 is 11.2. The number of nitrogens with one attached hydrogen (secondary N) is 2. The largest absolute Gasteiger partial charge is 0.477 e. The number of amides is 2. The van der Waals surface area contributed by atoms with Crippen LogP contribution >= 0.6 is 0 Å². The number of carboxylic acid groups (broad SMARTS) is 1. The van der Waals surface area contributed by atoms with Crippen LogP contribution in [0.3, 0.4) is 0 Å². The van der Waals surface area contributed by atoms with Crippen molar-refractivity contribution in [1.82, 2.24) is 10.6 Å². The molecule has 0 radical (unpaired) electrons. The number of hydrogen-bond donors (Lipinski definition) is 7. The highest BCUT2D eigenvalue weighted by Crippen LogP contribution is 2.34. The topological polar surface area (TPSA) is 195 Å². The summed E-state index contributed by atoms with van der Waals surface area (Å²) in [5, 5.41) is 60.2. The van der Waals surface area contributed by atoms with Crippen molar-refractivity contribution in [3.8, 4) is 0 Å². The molecule has 3 aromatic rings. The number of aliphatic hydroxyl groups is 4. The van der Waals surface area contributed by atoms with Crippen molar-refractivity contribution in [3.63, 3.8) is 0 Å². The van der Waals surface area contributed by atoms with Gasteiger partial charge in [0.05, 0.1) is 25.4 Å². The zero-order valence-corrected chi connectivity index (χ0v) is 25.2. The van der Waals surface area contributed by atoms with Gasteiger partial charge in [-0.05, 0) is 46.0 Å². The minimum atomic E-state index is -2.35. The third-order valence-electron chi connectivity index (χ3n) is 8.15. The van der Waals surface area contributed by atoms with Crippen LogP contribution in [-0.4, -0.2) is 92.8 Å². The van der Waals surface area contributed by atoms with E-state index in [1.54, 1.807) is 0 Å². The zero-order valence-electron chi connectivity index (χ0n) is 25.2. The van der Waals surface area contributed by atoms with Crippen molar-refractivity contribution in [3.05, 3.63) is 60.2 Å². The maximum absolute atomic E-state index is 12.6. The normalized spacial score (nSPS) is 23.0. The first kappa shape index (κ1) is 34.2. The van der Waals surface area contributed by atoms with E-state index in [0.29, 0.717) is 38.6 Å². The number of rotatable bonds is 15. The van der Waals surface area contributed by atoms with Gasteiger partial charge >= 0.3 is 5.97 Å². The Morgan fingerprint density at radius 1 is 1.00 bits per heavy atom. The summed E-state index contributed by atoms with van der Waals surface area (Å²) in [6.45, 7) is 0.666. The van der Waals surface area contributed by atoms with Crippen molar-refractivity contribution in [1.29, 1.82) is 0 Å². The van der Waals surface area contributed by atoms with Crippen LogP contribution in [0.15, 0.2) is 54.6 Å². The van der Waals surface area contributed by atoms with Crippen LogP contribution in [0.4, 0.5) is 0 Å². The predicted molar refractivity (Wildman–Crippen MR) is 165 cm³/mol. The van der Waals surface area contributed by atoms with Crippen molar-refractivity contribution in [2.24, 2.45) is 0 Å². The Balaban J connectivity index is 1.24. The molecule has 2 amide bonds. The van der Waals surface area contributed by atoms with Crippen molar-refractivity contribution in [2.75, 3.05) is 13.2 Å². The molecule has 1 fully saturated rings. The fourth-order valence-electron chi connectivity index (χ4n) is 5.82. The lowest BCUT2D eigenvalue weighted by Gasteiger charge is -2.46. The van der Waals surface area contributed by atoms with E-state index >= 15 is 0 Å². The molecule has 244 valence electrons. The molecule has 3 aromatic carbocycles. The molecule has 0 aromatic heterocycles. The van der Waals surface area contributed by atoms with Gasteiger partial charge in [0.2, 0.25) is 11.8 Å². The fraction of sp³-hybridized carbons (Fsp3) is 0.485. The monoisotopic (exact) mass is 626 g/mol. The summed E-state index contributed by atoms with van der Waals surface area (Å²) in [5.74, 6) is -4.53. The molecule has 0 aliphatic carbocycles. The van der Waals surface area contributed by atoms with Gasteiger partial charge in [-0.2, -0.15) is 0 Å². The van der Waals surface area contributed by atoms with Crippen LogP contribution in [0.25, 0.3) is 21.5 Å². The Morgan fingerprint density at radius 3 is 2.36 bits per heavy atom. The van der Waals surface area contributed by atoms with Gasteiger partial charge in [0.15, 0.2) is 0 Å². The van der Waals surface area contributed by atoms with Crippen LogP contribution in [0.5, 0.6) is 0 Å². The van der Waals surface area contributed by atoms with E-state index in [9.17, 15) is 39.9 Å². The first-order chi connectivity index (χ1) is 21.6. The molecule has 1 saturated heterocycles. The Bertz CT molecular complexity index is 1480. The van der Waals surface area contributed by atoms with Crippen LogP contribution < -0.4 is 10.6 Å². The smallest absolute Gasteiger partial charge is 0.364 e. The van der Waals surface area contributed by atoms with E-state index < -0.39 is 61.1 Å². The predicted octanol–water partition coefficient (Wildman–Crippen LogP) is 1.73. The molecule has 1 aliphatic rings. The summed E-state index contributed by atoms with van der Waals surface area (Å²) in [5.41, 5.74) is 1.04. The number of carboxylic acids is 1. The van der Waals surface area contributed by atoms with Crippen LogP contribution in [0.1, 0.15) is 51.0 Å². The third-order valence-corrected chi connectivity index (χ3v) is 8.15. The summed E-state index contributed by atoms with van der Waals surface area (Å²) in [7, 11) is 0. The maximum atomic E-state index is 12.6. The average molecular weight is 627 g/mol. The van der Waals surface area contributed by atoms with Crippen molar-refractivity contribution in [2.45, 2.75) is 88.2 Å². The molecule has 0 bridgehead atoms. The molecular formula is C33H42N2O10. The molecule has 12 heteroatoms. The third kappa shape index (κ3) is 8.34. The molecule has 0 saturated carbocycles. The molecule has 1 aliphatic heterocycles. The van der Waals surface area contributed by atoms with E-state index in [4.69, 9.17) is 9.47 Å². The van der Waals surface area contributed by atoms with Crippen LogP contribution in [0.2, 0.25) is 0 Å². The van der Waals surface area contributed by atoms with Gasteiger partial charge in [-0.1, -0.05) is 61.4 Å². The second kappa shape index (κ2) is 15.6. The summed E-state index contributed by atoms with van der Waals surface area (Å²) in [4.78, 5) is 36.4. The highest BCUT2D eigenvalue weighted by atomic mass is 16.7. The molecular weight excluding hydrogens is 584 g/mol. The summed E-state index contributed by atoms with van der Waals surface area (Å²) in [6, 6.07) is 17.1. The quantitative estimate of drug-likeness (QED) is 0.0964. The maximum Gasteiger partial charge on any atom is 0.364 e. The Kier molecular flexibility index (Phi) is 11.8. The molecule has 7 N–H and O–H groups in total. The highest BCUT2D eigenvalue weighted by molar-refractivity contribution is 6.09. The summed E-state index contributed by atoms with van der Waals surface area (Å²) >= 11 is 0. The standard InChI is InChI=1S/C33H42N2O10/c1-20(37)35-29-26(38)17-33(32(42)43,45-31(29)30(41)27(39)19-36)44-15-9-3-2-4-14-28(40)34-18-22-16-21-10-5-6-11-23(21)25-13-8-7-12-24(22)25/h5-8,10-13,16,26-27,29-31,36,38-39,41H,2-4,9,14-15,17-19H2,1H3,(H,34,40)(H,35,37)(H,42,43)/t26?,27-,29?,30-,31?,33?/m1/s1. The van der Waals surface area contributed by atoms with Gasteiger partial charge in [-0.3, -0.25) is 9.59 Å². The van der Waals surface area contributed by atoms with E-state index in [-0.39, 0.29) is 12.5 Å². The minimum absolute atomic E-state index is 0.0591. The van der Waals surface area contributed by atoms with Gasteiger partial charge < -0.3 is 45.6 Å². The lowest BCUT2D eigenvalue weighted by atomic mass is 9.88. The second-order valence-electron chi connectivity index (χ2n) is 11.5. The van der Waals surface area contributed by atoms with E-state index in [2.05, 4.69) is 41.0 Å². The SMILES string of the molecule is CC(=O)NC1C(O)CC(OCCCCCCC(=O)NCc2cc3ccccc3c3ccccc23)(C(=O)O)OC1[C@H](O)[C@H](O)CO. The molecule has 12 nitrogen and oxygen atoms in total. The van der Waals surface area contributed by atoms with Crippen LogP contribution in [0, 0.1) is 0 Å². The minimum Gasteiger partial charge on any atom is -0.477 e. The molecule has 1 heterocycles. The highest BCUT2D eigenvalue weighted by Gasteiger charge is 2.55. The number of aliphatic carboxylic acids is 1. The van der Waals surface area contributed by atoms with Crippen molar-refractivity contribution < 1.29 is 49.4 Å². The van der Waals surface area contributed by atoms with Gasteiger partial charge in [0, 0.05) is 26.3 Å². The molecule has 6 atom stereocenters. The van der Waals surface area contributed by atoms with Gasteiger partial charge in [0.1, 0.15) is 18.3 Å². The number of hydrogen-bond acceptors (Lipinski definition) is 9. The van der Waals surface area contributed by atoms with Crippen molar-refractivity contribution >= 4 is 39.3 Å². The molecule has 0 spiro atoms. The van der Waals surface area contributed by atoms with E-state index in [0.717, 1.165) is 21.7 Å². The number of ether oxygens (including phenoxy) is 2. The molecule has 45 heavy (non-hydrogen) atoms. The number of carbonyl (C=O) groups is 3. The van der Waals surface area contributed by atoms with E-state index in [1.807, 2.05) is 24.3 Å². The number of benzene rings is 3. The Hall–Kier alpha value is -3.65. The first-order valence-corrected chi connectivity index (χ1v) is 15.2. The number of unbranched alkanes of at least 4 members (excludes halogenated alkanes) is 3. The lowest BCUT2D eigenvalue weighted by Crippen LogP contribution is -2.67. The second-order valence-corrected chi connectivity index (χ2v) is 11.5. The molecule has 4 unspecified atom stereocenters. The number of carbonyl (C=O) groups excluding carboxylic acids is 2. The number of fused-ring (bicyclic) bond motifs is 3. The molecule has 4 rings (SSSR count). The van der Waals surface area contributed by atoms with Crippen LogP contribution in [-0.2, 0) is 30.4 Å². The van der Waals surface area contributed by atoms with E-state index in [1.165, 1.54) is 12.3 Å². The summed E-state index contributed by atoms with van der Waals surface area (Å²) in [6.07, 6.45) is -4.45. The fourth-order valence-corrected chi connectivity index (χ4v) is 5.82. The Labute approximate surface area is 261 Å². The first-order valence-electron chi connectivity index (χ1n) is 15.2. The van der Waals surface area contributed by atoms with Gasteiger partial charge in [0.25, 0.3) is 5.79 Å². The Morgan fingerprint density at radius 2 is 1.67 bits per heavy atom. The number of aliphatic hydroxyl groups excluding tert-OH is 4. The lowest BCUT2D eigenvalue weighted by molar-refractivity contribution is -0.311.